The van der Waals surface area contributed by atoms with Crippen LogP contribution in [-0.4, -0.2) is 7.11 Å². The van der Waals surface area contributed by atoms with Gasteiger partial charge in [0.1, 0.15) is 5.75 Å². The van der Waals surface area contributed by atoms with Gasteiger partial charge in [-0.1, -0.05) is 28.9 Å². The second-order valence-electron chi connectivity index (χ2n) is 3.80. The Morgan fingerprint density at radius 2 is 2.21 bits per heavy atom. The standard InChI is InChI=1S/C12H15BrO/c1-3-8-6-12(13)11-7-9(14-2)4-5-10(8)11/h4-5,7-8,12H,3,6H2,1-2H3. The molecule has 0 amide bonds. The van der Waals surface area contributed by atoms with Gasteiger partial charge in [0.05, 0.1) is 7.11 Å². The number of halogens is 1. The van der Waals surface area contributed by atoms with E-state index in [0.717, 1.165) is 11.7 Å². The third-order valence-corrected chi connectivity index (χ3v) is 3.92. The molecule has 0 spiro atoms. The number of hydrogen-bond acceptors (Lipinski definition) is 1. The van der Waals surface area contributed by atoms with Gasteiger partial charge in [-0.3, -0.25) is 0 Å². The molecule has 2 unspecified atom stereocenters. The predicted molar refractivity (Wildman–Crippen MR) is 62.3 cm³/mol. The van der Waals surface area contributed by atoms with Crippen molar-refractivity contribution < 1.29 is 4.74 Å². The molecule has 2 heteroatoms. The van der Waals surface area contributed by atoms with E-state index in [-0.39, 0.29) is 0 Å². The van der Waals surface area contributed by atoms with Crippen molar-refractivity contribution in [1.82, 2.24) is 0 Å². The highest BCUT2D eigenvalue weighted by molar-refractivity contribution is 9.09. The second-order valence-corrected chi connectivity index (χ2v) is 4.91. The summed E-state index contributed by atoms with van der Waals surface area (Å²) >= 11 is 3.73. The van der Waals surface area contributed by atoms with Crippen molar-refractivity contribution >= 4 is 15.9 Å². The summed E-state index contributed by atoms with van der Waals surface area (Å²) < 4.78 is 5.24. The van der Waals surface area contributed by atoms with Gasteiger partial charge in [-0.25, -0.2) is 0 Å². The number of benzene rings is 1. The zero-order chi connectivity index (χ0) is 10.1. The zero-order valence-corrected chi connectivity index (χ0v) is 10.2. The highest BCUT2D eigenvalue weighted by Crippen LogP contribution is 2.47. The van der Waals surface area contributed by atoms with Crippen molar-refractivity contribution in [2.24, 2.45) is 0 Å². The SMILES string of the molecule is CCC1CC(Br)c2cc(OC)ccc21. The first kappa shape index (κ1) is 10.0. The van der Waals surface area contributed by atoms with Crippen molar-refractivity contribution in [1.29, 1.82) is 0 Å². The van der Waals surface area contributed by atoms with E-state index in [1.54, 1.807) is 7.11 Å². The maximum absolute atomic E-state index is 5.24. The van der Waals surface area contributed by atoms with Crippen molar-refractivity contribution in [3.63, 3.8) is 0 Å². The molecule has 0 saturated carbocycles. The van der Waals surface area contributed by atoms with Crippen molar-refractivity contribution in [2.45, 2.75) is 30.5 Å². The first-order chi connectivity index (χ1) is 6.76. The number of ether oxygens (including phenoxy) is 1. The first-order valence-electron chi connectivity index (χ1n) is 5.08. The molecule has 1 aromatic rings. The van der Waals surface area contributed by atoms with Crippen LogP contribution in [0, 0.1) is 0 Å². The highest BCUT2D eigenvalue weighted by atomic mass is 79.9. The fourth-order valence-corrected chi connectivity index (χ4v) is 3.06. The lowest BCUT2D eigenvalue weighted by atomic mass is 9.99. The molecule has 0 heterocycles. The minimum absolute atomic E-state index is 0.512. The number of alkyl halides is 1. The van der Waals surface area contributed by atoms with Crippen LogP contribution in [0.4, 0.5) is 0 Å². The van der Waals surface area contributed by atoms with Gasteiger partial charge in [-0.15, -0.1) is 0 Å². The van der Waals surface area contributed by atoms with E-state index >= 15 is 0 Å². The number of methoxy groups -OCH3 is 1. The molecule has 0 radical (unpaired) electrons. The third-order valence-electron chi connectivity index (χ3n) is 3.06. The zero-order valence-electron chi connectivity index (χ0n) is 8.59. The quantitative estimate of drug-likeness (QED) is 0.725. The summed E-state index contributed by atoms with van der Waals surface area (Å²) in [6, 6.07) is 6.43. The summed E-state index contributed by atoms with van der Waals surface area (Å²) in [7, 11) is 1.72. The Hall–Kier alpha value is -0.500. The van der Waals surface area contributed by atoms with Crippen molar-refractivity contribution in [2.75, 3.05) is 7.11 Å². The molecule has 0 fully saturated rings. The lowest BCUT2D eigenvalue weighted by Crippen LogP contribution is -1.91. The van der Waals surface area contributed by atoms with Crippen molar-refractivity contribution in [3.05, 3.63) is 29.3 Å². The van der Waals surface area contributed by atoms with Crippen LogP contribution in [0.1, 0.15) is 41.6 Å². The topological polar surface area (TPSA) is 9.23 Å². The largest absolute Gasteiger partial charge is 0.497 e. The van der Waals surface area contributed by atoms with Gasteiger partial charge in [0.15, 0.2) is 0 Å². The maximum Gasteiger partial charge on any atom is 0.119 e. The Balaban J connectivity index is 2.41. The van der Waals surface area contributed by atoms with Gasteiger partial charge >= 0.3 is 0 Å². The normalized spacial score (nSPS) is 24.8. The highest BCUT2D eigenvalue weighted by Gasteiger charge is 2.28. The lowest BCUT2D eigenvalue weighted by molar-refractivity contribution is 0.414. The van der Waals surface area contributed by atoms with Crippen LogP contribution in [0.5, 0.6) is 5.75 Å². The molecule has 76 valence electrons. The third kappa shape index (κ3) is 1.56. The van der Waals surface area contributed by atoms with Crippen LogP contribution in [0.3, 0.4) is 0 Å². The molecule has 2 atom stereocenters. The summed E-state index contributed by atoms with van der Waals surface area (Å²) in [4.78, 5) is 0.512. The van der Waals surface area contributed by atoms with Crippen LogP contribution >= 0.6 is 15.9 Å². The fourth-order valence-electron chi connectivity index (χ4n) is 2.21. The van der Waals surface area contributed by atoms with Gasteiger partial charge in [0.2, 0.25) is 0 Å². The van der Waals surface area contributed by atoms with Gasteiger partial charge in [-0.05, 0) is 42.0 Å². The van der Waals surface area contributed by atoms with Crippen LogP contribution < -0.4 is 4.74 Å². The van der Waals surface area contributed by atoms with E-state index in [1.807, 2.05) is 0 Å². The van der Waals surface area contributed by atoms with E-state index in [2.05, 4.69) is 41.1 Å². The van der Waals surface area contributed by atoms with E-state index in [1.165, 1.54) is 24.0 Å². The molecule has 1 aliphatic rings. The Morgan fingerprint density at radius 3 is 2.86 bits per heavy atom. The van der Waals surface area contributed by atoms with Crippen molar-refractivity contribution in [3.8, 4) is 5.75 Å². The summed E-state index contributed by atoms with van der Waals surface area (Å²) in [5, 5.41) is 0. The van der Waals surface area contributed by atoms with Crippen LogP contribution in [0.25, 0.3) is 0 Å². The average Bonchev–Trinajstić information content (AvgIpc) is 2.55. The summed E-state index contributed by atoms with van der Waals surface area (Å²) in [6.07, 6.45) is 2.44. The van der Waals surface area contributed by atoms with E-state index < -0.39 is 0 Å². The Morgan fingerprint density at radius 1 is 1.43 bits per heavy atom. The number of rotatable bonds is 2. The molecular weight excluding hydrogens is 240 g/mol. The molecule has 1 nitrogen and oxygen atoms in total. The molecule has 0 aromatic heterocycles. The summed E-state index contributed by atoms with van der Waals surface area (Å²) in [6.45, 7) is 2.25. The van der Waals surface area contributed by atoms with Gasteiger partial charge in [0, 0.05) is 4.83 Å². The molecule has 0 saturated heterocycles. The second kappa shape index (κ2) is 3.93. The van der Waals surface area contributed by atoms with Crippen LogP contribution in [0.2, 0.25) is 0 Å². The number of fused-ring (bicyclic) bond motifs is 1. The van der Waals surface area contributed by atoms with Gasteiger partial charge in [0.25, 0.3) is 0 Å². The number of hydrogen-bond donors (Lipinski definition) is 0. The van der Waals surface area contributed by atoms with E-state index in [0.29, 0.717) is 4.83 Å². The Kier molecular flexibility index (Phi) is 2.82. The molecule has 1 aromatic carbocycles. The molecule has 0 N–H and O–H groups in total. The maximum atomic E-state index is 5.24. The van der Waals surface area contributed by atoms with E-state index in [4.69, 9.17) is 4.74 Å². The predicted octanol–water partition coefficient (Wildman–Crippen LogP) is 4.03. The molecule has 0 bridgehead atoms. The van der Waals surface area contributed by atoms with Gasteiger partial charge in [-0.2, -0.15) is 0 Å². The smallest absolute Gasteiger partial charge is 0.119 e. The molecule has 14 heavy (non-hydrogen) atoms. The van der Waals surface area contributed by atoms with Gasteiger partial charge < -0.3 is 4.74 Å². The van der Waals surface area contributed by atoms with Crippen LogP contribution in [0.15, 0.2) is 18.2 Å². The minimum Gasteiger partial charge on any atom is -0.497 e. The fraction of sp³-hybridized carbons (Fsp3) is 0.500. The van der Waals surface area contributed by atoms with Crippen LogP contribution in [-0.2, 0) is 0 Å². The Labute approximate surface area is 93.6 Å². The summed E-state index contributed by atoms with van der Waals surface area (Å²) in [5.74, 6) is 1.69. The lowest BCUT2D eigenvalue weighted by Gasteiger charge is -2.08. The summed E-state index contributed by atoms with van der Waals surface area (Å²) in [5.41, 5.74) is 2.91. The molecule has 1 aliphatic carbocycles. The molecular formula is C12H15BrO. The molecule has 2 rings (SSSR count). The first-order valence-corrected chi connectivity index (χ1v) is 5.99. The minimum atomic E-state index is 0.512. The average molecular weight is 255 g/mol. The molecule has 0 aliphatic heterocycles. The van der Waals surface area contributed by atoms with E-state index in [9.17, 15) is 0 Å². The monoisotopic (exact) mass is 254 g/mol. The Bertz CT molecular complexity index is 335.